The number of halogens is 2. The van der Waals surface area contributed by atoms with E-state index in [-0.39, 0.29) is 29.8 Å². The van der Waals surface area contributed by atoms with Gasteiger partial charge in [-0.15, -0.1) is 0 Å². The Labute approximate surface area is 281 Å². The number of carbonyl (C=O) groups is 2. The van der Waals surface area contributed by atoms with Gasteiger partial charge in [0, 0.05) is 28.0 Å². The maximum absolute atomic E-state index is 14.6. The molecule has 1 saturated carbocycles. The summed E-state index contributed by atoms with van der Waals surface area (Å²) in [5.41, 5.74) is 2.05. The fourth-order valence-corrected chi connectivity index (χ4v) is 7.76. The van der Waals surface area contributed by atoms with Crippen LogP contribution in [-0.2, 0) is 32.6 Å². The number of rotatable bonds is 12. The number of anilines is 1. The molecule has 0 aromatic heterocycles. The zero-order valence-electron chi connectivity index (χ0n) is 24.7. The molecule has 0 saturated heterocycles. The van der Waals surface area contributed by atoms with Crippen LogP contribution in [0, 0.1) is 0 Å². The Morgan fingerprint density at radius 1 is 0.778 bits per heavy atom. The van der Waals surface area contributed by atoms with Crippen molar-refractivity contribution in [2.45, 2.75) is 55.6 Å². The highest BCUT2D eigenvalue weighted by atomic mass is 79.9. The molecule has 0 radical (unpaired) electrons. The third kappa shape index (κ3) is 8.62. The average Bonchev–Trinajstić information content (AvgIpc) is 3.56. The number of carbonyl (C=O) groups excluding carboxylic acids is 2. The van der Waals surface area contributed by atoms with Gasteiger partial charge in [0.1, 0.15) is 12.6 Å². The molecule has 4 aromatic rings. The van der Waals surface area contributed by atoms with Gasteiger partial charge in [-0.1, -0.05) is 105 Å². The molecule has 0 heterocycles. The molecule has 0 spiro atoms. The van der Waals surface area contributed by atoms with Crippen LogP contribution in [0.5, 0.6) is 0 Å². The molecule has 1 fully saturated rings. The van der Waals surface area contributed by atoms with E-state index in [9.17, 15) is 18.0 Å². The van der Waals surface area contributed by atoms with Crippen LogP contribution in [0.1, 0.15) is 36.8 Å². The van der Waals surface area contributed by atoms with E-state index in [1.165, 1.54) is 17.0 Å². The summed E-state index contributed by atoms with van der Waals surface area (Å²) in [7, 11) is -4.14. The first-order valence-electron chi connectivity index (χ1n) is 14.9. The summed E-state index contributed by atoms with van der Waals surface area (Å²) in [6.07, 6.45) is 4.18. The van der Waals surface area contributed by atoms with Gasteiger partial charge in [0.25, 0.3) is 10.0 Å². The summed E-state index contributed by atoms with van der Waals surface area (Å²) < 4.78 is 30.9. The van der Waals surface area contributed by atoms with Gasteiger partial charge in [-0.25, -0.2) is 8.42 Å². The fourth-order valence-electron chi connectivity index (χ4n) is 5.61. The summed E-state index contributed by atoms with van der Waals surface area (Å²) in [6, 6.07) is 31.2. The molecular formula is C35H35Br2N3O4S. The van der Waals surface area contributed by atoms with E-state index in [2.05, 4.69) is 37.2 Å². The second-order valence-electron chi connectivity index (χ2n) is 11.1. The Morgan fingerprint density at radius 3 is 2.04 bits per heavy atom. The molecule has 0 aliphatic heterocycles. The van der Waals surface area contributed by atoms with Crippen molar-refractivity contribution >= 4 is 59.4 Å². The normalized spacial score (nSPS) is 14.1. The zero-order valence-corrected chi connectivity index (χ0v) is 28.7. The monoisotopic (exact) mass is 751 g/mol. The van der Waals surface area contributed by atoms with Gasteiger partial charge in [-0.2, -0.15) is 0 Å². The van der Waals surface area contributed by atoms with Crippen molar-refractivity contribution < 1.29 is 18.0 Å². The molecule has 2 amide bonds. The van der Waals surface area contributed by atoms with E-state index < -0.39 is 28.5 Å². The third-order valence-electron chi connectivity index (χ3n) is 7.94. The molecule has 1 aliphatic rings. The third-order valence-corrected chi connectivity index (χ3v) is 10.7. The van der Waals surface area contributed by atoms with Crippen LogP contribution in [0.15, 0.2) is 123 Å². The second kappa shape index (κ2) is 15.2. The van der Waals surface area contributed by atoms with Crippen LogP contribution < -0.4 is 9.62 Å². The van der Waals surface area contributed by atoms with Crippen LogP contribution in [-0.4, -0.2) is 43.8 Å². The minimum Gasteiger partial charge on any atom is -0.352 e. The van der Waals surface area contributed by atoms with E-state index in [1.807, 2.05) is 54.6 Å². The lowest BCUT2D eigenvalue weighted by atomic mass is 10.0. The van der Waals surface area contributed by atoms with Gasteiger partial charge >= 0.3 is 0 Å². The fraction of sp³-hybridized carbons (Fsp3) is 0.257. The lowest BCUT2D eigenvalue weighted by Crippen LogP contribution is -2.54. The van der Waals surface area contributed by atoms with Crippen LogP contribution in [0.4, 0.5) is 5.69 Å². The first-order valence-corrected chi connectivity index (χ1v) is 17.9. The van der Waals surface area contributed by atoms with E-state index in [1.54, 1.807) is 42.5 Å². The van der Waals surface area contributed by atoms with Gasteiger partial charge in [0.2, 0.25) is 11.8 Å². The van der Waals surface area contributed by atoms with Crippen LogP contribution in [0.25, 0.3) is 0 Å². The average molecular weight is 754 g/mol. The van der Waals surface area contributed by atoms with Crippen molar-refractivity contribution in [3.8, 4) is 0 Å². The number of amides is 2. The van der Waals surface area contributed by atoms with Gasteiger partial charge in [-0.3, -0.25) is 13.9 Å². The summed E-state index contributed by atoms with van der Waals surface area (Å²) in [6.45, 7) is -0.373. The molecule has 5 rings (SSSR count). The van der Waals surface area contributed by atoms with Crippen LogP contribution in [0.2, 0.25) is 0 Å². The first kappa shape index (κ1) is 32.9. The molecule has 1 N–H and O–H groups in total. The van der Waals surface area contributed by atoms with E-state index in [0.717, 1.165) is 50.1 Å². The van der Waals surface area contributed by atoms with Gasteiger partial charge in [-0.05, 0) is 72.5 Å². The van der Waals surface area contributed by atoms with Crippen LogP contribution >= 0.6 is 31.9 Å². The van der Waals surface area contributed by atoms with Crippen LogP contribution in [0.3, 0.4) is 0 Å². The van der Waals surface area contributed by atoms with Crippen molar-refractivity contribution in [2.24, 2.45) is 0 Å². The molecular weight excluding hydrogens is 718 g/mol. The largest absolute Gasteiger partial charge is 0.352 e. The van der Waals surface area contributed by atoms with Crippen molar-refractivity contribution in [2.75, 3.05) is 10.8 Å². The number of hydrogen-bond donors (Lipinski definition) is 1. The number of nitrogens with one attached hydrogen (secondary N) is 1. The van der Waals surface area contributed by atoms with Crippen molar-refractivity contribution in [3.63, 3.8) is 0 Å². The van der Waals surface area contributed by atoms with Crippen molar-refractivity contribution in [3.05, 3.63) is 129 Å². The predicted octanol–water partition coefficient (Wildman–Crippen LogP) is 7.11. The number of sulfonamides is 1. The quantitative estimate of drug-likeness (QED) is 0.167. The topological polar surface area (TPSA) is 86.8 Å². The molecule has 4 aromatic carbocycles. The summed E-state index contributed by atoms with van der Waals surface area (Å²) in [4.78, 5) is 30.2. The van der Waals surface area contributed by atoms with Gasteiger partial charge < -0.3 is 10.2 Å². The van der Waals surface area contributed by atoms with Gasteiger partial charge in [0.15, 0.2) is 0 Å². The second-order valence-corrected chi connectivity index (χ2v) is 14.8. The highest BCUT2D eigenvalue weighted by Crippen LogP contribution is 2.27. The van der Waals surface area contributed by atoms with Crippen molar-refractivity contribution in [1.29, 1.82) is 0 Å². The molecule has 234 valence electrons. The Hall–Kier alpha value is -3.47. The molecule has 0 bridgehead atoms. The highest BCUT2D eigenvalue weighted by molar-refractivity contribution is 9.10. The Balaban J connectivity index is 1.56. The maximum atomic E-state index is 14.6. The zero-order chi connectivity index (χ0) is 31.8. The summed E-state index contributed by atoms with van der Waals surface area (Å²) in [5.74, 6) is -0.727. The SMILES string of the molecule is O=C(NC1CCCC1)C(Cc1ccccc1)N(Cc1cccc(Br)c1)C(=O)CN(c1ccc(Br)cc1)S(=O)(=O)c1ccccc1. The highest BCUT2D eigenvalue weighted by Gasteiger charge is 2.35. The van der Waals surface area contributed by atoms with Crippen molar-refractivity contribution in [1.82, 2.24) is 10.2 Å². The Morgan fingerprint density at radius 2 is 1.40 bits per heavy atom. The van der Waals surface area contributed by atoms with Gasteiger partial charge in [0.05, 0.1) is 10.6 Å². The summed E-state index contributed by atoms with van der Waals surface area (Å²) in [5, 5.41) is 3.20. The standard InChI is InChI=1S/C35H35Br2N3O4S/c36-28-18-20-31(21-19-28)40(45(43,44)32-16-5-2-6-17-32)25-34(41)39(24-27-12-9-13-29(37)22-27)33(23-26-10-3-1-4-11-26)35(42)38-30-14-7-8-15-30/h1-6,9-13,16-22,30,33H,7-8,14-15,23-25H2,(H,38,42). The molecule has 1 aliphatic carbocycles. The summed E-state index contributed by atoms with van der Waals surface area (Å²) >= 11 is 6.94. The van der Waals surface area contributed by atoms with E-state index in [0.29, 0.717) is 5.69 Å². The number of nitrogens with zero attached hydrogens (tertiary/aromatic N) is 2. The Kier molecular flexibility index (Phi) is 11.1. The predicted molar refractivity (Wildman–Crippen MR) is 184 cm³/mol. The smallest absolute Gasteiger partial charge is 0.264 e. The number of hydrogen-bond acceptors (Lipinski definition) is 4. The molecule has 1 atom stereocenters. The maximum Gasteiger partial charge on any atom is 0.264 e. The Bertz CT molecular complexity index is 1700. The lowest BCUT2D eigenvalue weighted by molar-refractivity contribution is -0.140. The molecule has 45 heavy (non-hydrogen) atoms. The number of benzene rings is 4. The lowest BCUT2D eigenvalue weighted by Gasteiger charge is -2.34. The molecule has 7 nitrogen and oxygen atoms in total. The minimum atomic E-state index is -4.14. The van der Waals surface area contributed by atoms with E-state index >= 15 is 0 Å². The van der Waals surface area contributed by atoms with E-state index in [4.69, 9.17) is 0 Å². The first-order chi connectivity index (χ1) is 21.7. The molecule has 1 unspecified atom stereocenters. The minimum absolute atomic E-state index is 0.0521. The molecule has 10 heteroatoms.